The van der Waals surface area contributed by atoms with Crippen LogP contribution in [0.2, 0.25) is 0 Å². The summed E-state index contributed by atoms with van der Waals surface area (Å²) in [5.41, 5.74) is 3.13. The van der Waals surface area contributed by atoms with Crippen LogP contribution in [-0.4, -0.2) is 16.9 Å². The van der Waals surface area contributed by atoms with Gasteiger partial charge in [0.15, 0.2) is 0 Å². The van der Waals surface area contributed by atoms with E-state index in [4.69, 9.17) is 5.21 Å². The first-order valence-electron chi connectivity index (χ1n) is 4.98. The summed E-state index contributed by atoms with van der Waals surface area (Å²) < 4.78 is 0. The molecule has 0 fully saturated rings. The van der Waals surface area contributed by atoms with E-state index in [1.807, 2.05) is 18.2 Å². The van der Waals surface area contributed by atoms with Gasteiger partial charge in [-0.3, -0.25) is 0 Å². The second-order valence-electron chi connectivity index (χ2n) is 3.35. The van der Waals surface area contributed by atoms with E-state index < -0.39 is 0 Å². The van der Waals surface area contributed by atoms with Crippen LogP contribution in [0.15, 0.2) is 24.3 Å². The van der Waals surface area contributed by atoms with Crippen molar-refractivity contribution in [3.8, 4) is 5.75 Å². The Bertz CT molecular complexity index is 263. The van der Waals surface area contributed by atoms with Crippen LogP contribution in [-0.2, 0) is 6.42 Å². The third-order valence-corrected chi connectivity index (χ3v) is 2.23. The third-order valence-electron chi connectivity index (χ3n) is 2.23. The largest absolute Gasteiger partial charge is 0.508 e. The molecular weight excluding hydrogens is 178 g/mol. The highest BCUT2D eigenvalue weighted by molar-refractivity contribution is 5.31. The molecule has 0 spiro atoms. The molecule has 1 rings (SSSR count). The number of hydroxylamine groups is 1. The maximum Gasteiger partial charge on any atom is 0.118 e. The molecule has 3 heteroatoms. The van der Waals surface area contributed by atoms with Crippen LogP contribution in [0.5, 0.6) is 5.75 Å². The standard InChI is InChI=1S/C11H17NO2/c13-11-8-4-3-7-10(11)6-2-1-5-9-12-14/h3-4,7-8,12-14H,1-2,5-6,9H2. The van der Waals surface area contributed by atoms with E-state index in [0.717, 1.165) is 31.2 Å². The van der Waals surface area contributed by atoms with Gasteiger partial charge in [0.05, 0.1) is 0 Å². The lowest BCUT2D eigenvalue weighted by atomic mass is 10.1. The van der Waals surface area contributed by atoms with Crippen LogP contribution >= 0.6 is 0 Å². The first kappa shape index (κ1) is 11.0. The molecule has 3 nitrogen and oxygen atoms in total. The molecule has 0 atom stereocenters. The summed E-state index contributed by atoms with van der Waals surface area (Å²) in [6.07, 6.45) is 3.96. The molecular formula is C11H17NO2. The van der Waals surface area contributed by atoms with Crippen LogP contribution in [0.3, 0.4) is 0 Å². The van der Waals surface area contributed by atoms with Crippen LogP contribution in [0.1, 0.15) is 24.8 Å². The molecule has 0 aliphatic heterocycles. The average molecular weight is 195 g/mol. The van der Waals surface area contributed by atoms with E-state index in [1.54, 1.807) is 6.07 Å². The number of phenolic OH excluding ortho intramolecular Hbond substituents is 1. The summed E-state index contributed by atoms with van der Waals surface area (Å²) in [7, 11) is 0. The number of rotatable bonds is 6. The van der Waals surface area contributed by atoms with Gasteiger partial charge in [-0.15, -0.1) is 0 Å². The SMILES string of the molecule is ONCCCCCc1ccccc1O. The zero-order valence-electron chi connectivity index (χ0n) is 8.24. The lowest BCUT2D eigenvalue weighted by Gasteiger charge is -2.03. The molecule has 0 heterocycles. The van der Waals surface area contributed by atoms with Gasteiger partial charge in [-0.05, 0) is 30.9 Å². The number of aromatic hydroxyl groups is 1. The van der Waals surface area contributed by atoms with Gasteiger partial charge in [0, 0.05) is 6.54 Å². The van der Waals surface area contributed by atoms with Gasteiger partial charge < -0.3 is 10.3 Å². The highest BCUT2D eigenvalue weighted by Gasteiger charge is 1.98. The number of unbranched alkanes of at least 4 members (excludes halogenated alkanes) is 2. The Labute approximate surface area is 84.3 Å². The van der Waals surface area contributed by atoms with Crippen molar-refractivity contribution in [1.29, 1.82) is 0 Å². The Morgan fingerprint density at radius 2 is 1.86 bits per heavy atom. The quantitative estimate of drug-likeness (QED) is 0.481. The van der Waals surface area contributed by atoms with Gasteiger partial charge in [-0.2, -0.15) is 0 Å². The molecule has 0 bridgehead atoms. The molecule has 0 aliphatic carbocycles. The van der Waals surface area contributed by atoms with E-state index >= 15 is 0 Å². The van der Waals surface area contributed by atoms with Gasteiger partial charge in [0.2, 0.25) is 0 Å². The highest BCUT2D eigenvalue weighted by atomic mass is 16.5. The lowest BCUT2D eigenvalue weighted by Crippen LogP contribution is -2.08. The molecule has 0 unspecified atom stereocenters. The van der Waals surface area contributed by atoms with Crippen molar-refractivity contribution in [3.05, 3.63) is 29.8 Å². The molecule has 3 N–H and O–H groups in total. The minimum absolute atomic E-state index is 0.382. The molecule has 0 radical (unpaired) electrons. The Morgan fingerprint density at radius 3 is 2.57 bits per heavy atom. The molecule has 0 aromatic heterocycles. The highest BCUT2D eigenvalue weighted by Crippen LogP contribution is 2.17. The second-order valence-corrected chi connectivity index (χ2v) is 3.35. The van der Waals surface area contributed by atoms with Crippen molar-refractivity contribution in [2.45, 2.75) is 25.7 Å². The first-order chi connectivity index (χ1) is 6.84. The Balaban J connectivity index is 2.21. The first-order valence-corrected chi connectivity index (χ1v) is 4.98. The van der Waals surface area contributed by atoms with Crippen LogP contribution in [0.25, 0.3) is 0 Å². The van der Waals surface area contributed by atoms with E-state index in [9.17, 15) is 5.11 Å². The summed E-state index contributed by atoms with van der Waals surface area (Å²) in [6, 6.07) is 7.42. The molecule has 78 valence electrons. The van der Waals surface area contributed by atoms with E-state index in [-0.39, 0.29) is 0 Å². The maximum atomic E-state index is 9.46. The number of nitrogens with one attached hydrogen (secondary N) is 1. The predicted molar refractivity (Wildman–Crippen MR) is 55.5 cm³/mol. The minimum atomic E-state index is 0.382. The number of hydrogen-bond donors (Lipinski definition) is 3. The van der Waals surface area contributed by atoms with E-state index in [2.05, 4.69) is 5.48 Å². The number of para-hydroxylation sites is 1. The smallest absolute Gasteiger partial charge is 0.118 e. The summed E-state index contributed by atoms with van der Waals surface area (Å²) in [5.74, 6) is 0.382. The van der Waals surface area contributed by atoms with Gasteiger partial charge in [-0.25, -0.2) is 5.48 Å². The monoisotopic (exact) mass is 195 g/mol. The van der Waals surface area contributed by atoms with Crippen molar-refractivity contribution in [2.24, 2.45) is 0 Å². The Hall–Kier alpha value is -1.06. The molecule has 1 aromatic carbocycles. The van der Waals surface area contributed by atoms with Crippen LogP contribution in [0.4, 0.5) is 0 Å². The summed E-state index contributed by atoms with van der Waals surface area (Å²) in [6.45, 7) is 0.640. The van der Waals surface area contributed by atoms with Crippen molar-refractivity contribution in [2.75, 3.05) is 6.54 Å². The topological polar surface area (TPSA) is 52.5 Å². The summed E-state index contributed by atoms with van der Waals surface area (Å²) in [4.78, 5) is 0. The van der Waals surface area contributed by atoms with Crippen molar-refractivity contribution >= 4 is 0 Å². The van der Waals surface area contributed by atoms with Crippen molar-refractivity contribution in [3.63, 3.8) is 0 Å². The average Bonchev–Trinajstić information content (AvgIpc) is 2.20. The number of phenols is 1. The fourth-order valence-electron chi connectivity index (χ4n) is 1.42. The maximum absolute atomic E-state index is 9.46. The molecule has 0 saturated carbocycles. The molecule has 0 aliphatic rings. The summed E-state index contributed by atoms with van der Waals surface area (Å²) >= 11 is 0. The fourth-order valence-corrected chi connectivity index (χ4v) is 1.42. The lowest BCUT2D eigenvalue weighted by molar-refractivity contribution is 0.164. The Kier molecular flexibility index (Phi) is 5.04. The normalized spacial score (nSPS) is 10.4. The van der Waals surface area contributed by atoms with Crippen LogP contribution < -0.4 is 5.48 Å². The minimum Gasteiger partial charge on any atom is -0.508 e. The number of aryl methyl sites for hydroxylation is 1. The van der Waals surface area contributed by atoms with Gasteiger partial charge in [-0.1, -0.05) is 24.6 Å². The van der Waals surface area contributed by atoms with E-state index in [1.165, 1.54) is 0 Å². The van der Waals surface area contributed by atoms with Gasteiger partial charge >= 0.3 is 0 Å². The number of hydrogen-bond acceptors (Lipinski definition) is 3. The Morgan fingerprint density at radius 1 is 1.07 bits per heavy atom. The van der Waals surface area contributed by atoms with E-state index in [0.29, 0.717) is 12.3 Å². The second kappa shape index (κ2) is 6.40. The van der Waals surface area contributed by atoms with Gasteiger partial charge in [0.1, 0.15) is 5.75 Å². The van der Waals surface area contributed by atoms with Crippen LogP contribution in [0, 0.1) is 0 Å². The molecule has 0 amide bonds. The molecule has 1 aromatic rings. The zero-order valence-corrected chi connectivity index (χ0v) is 8.24. The molecule has 0 saturated heterocycles. The zero-order chi connectivity index (χ0) is 10.2. The van der Waals surface area contributed by atoms with Crippen molar-refractivity contribution < 1.29 is 10.3 Å². The number of benzene rings is 1. The van der Waals surface area contributed by atoms with Gasteiger partial charge in [0.25, 0.3) is 0 Å². The summed E-state index contributed by atoms with van der Waals surface area (Å²) in [5, 5.41) is 17.8. The third kappa shape index (κ3) is 3.77. The fraction of sp³-hybridized carbons (Fsp3) is 0.455. The predicted octanol–water partition coefficient (Wildman–Crippen LogP) is 2.08. The van der Waals surface area contributed by atoms with Crippen molar-refractivity contribution in [1.82, 2.24) is 5.48 Å². The molecule has 14 heavy (non-hydrogen) atoms.